The Balaban J connectivity index is 0.00000171. The van der Waals surface area contributed by atoms with E-state index in [4.69, 9.17) is 4.74 Å². The van der Waals surface area contributed by atoms with Crippen LogP contribution < -0.4 is 14.8 Å². The molecule has 2 heterocycles. The highest BCUT2D eigenvalue weighted by Gasteiger charge is 2.31. The number of halogens is 5. The van der Waals surface area contributed by atoms with Gasteiger partial charge in [-0.15, -0.1) is 38.0 Å². The zero-order valence-electron chi connectivity index (χ0n) is 16.7. The fraction of sp³-hybridized carbons (Fsp3) is 0.333. The maximum Gasteiger partial charge on any atom is 0.573 e. The van der Waals surface area contributed by atoms with Crippen molar-refractivity contribution in [2.45, 2.75) is 12.4 Å². The Morgan fingerprint density at radius 3 is 2.23 bits per heavy atom. The monoisotopic (exact) mass is 477 g/mol. The van der Waals surface area contributed by atoms with E-state index in [0.29, 0.717) is 0 Å². The van der Waals surface area contributed by atoms with E-state index in [0.717, 1.165) is 54.0 Å². The molecular weight excluding hydrogens is 454 g/mol. The molecule has 0 unspecified atom stereocenters. The average molecular weight is 478 g/mol. The minimum Gasteiger partial charge on any atom is -0.497 e. The van der Waals surface area contributed by atoms with Crippen LogP contribution in [0.25, 0.3) is 10.9 Å². The first kappa shape index (κ1) is 25.1. The highest BCUT2D eigenvalue weighted by atomic mass is 35.5. The fourth-order valence-corrected chi connectivity index (χ4v) is 3.85. The van der Waals surface area contributed by atoms with E-state index in [1.807, 2.05) is 24.4 Å². The summed E-state index contributed by atoms with van der Waals surface area (Å²) in [6.45, 7) is 3.39. The van der Waals surface area contributed by atoms with Gasteiger partial charge < -0.3 is 19.8 Å². The molecule has 5 nitrogen and oxygen atoms in total. The number of alkyl halides is 3. The lowest BCUT2D eigenvalue weighted by Gasteiger charge is -2.35. The largest absolute Gasteiger partial charge is 0.573 e. The van der Waals surface area contributed by atoms with Crippen LogP contribution in [0.2, 0.25) is 0 Å². The van der Waals surface area contributed by atoms with Crippen molar-refractivity contribution in [3.63, 3.8) is 0 Å². The van der Waals surface area contributed by atoms with Crippen LogP contribution in [-0.2, 0) is 0 Å². The van der Waals surface area contributed by atoms with Crippen molar-refractivity contribution < 1.29 is 22.6 Å². The molecule has 0 radical (unpaired) electrons. The standard InChI is InChI=1S/C21H22F3N3O2.2ClH/c1-28-16-6-7-19-17(12-16)18(13-26-19)20(27-10-8-25-9-11-27)14-2-4-15(5-3-14)29-21(22,23)24;;/h2-7,12-13,20,25-26H,8-11H2,1H3;2*1H/t20-;;/m1../s1. The van der Waals surface area contributed by atoms with Gasteiger partial charge >= 0.3 is 6.36 Å². The summed E-state index contributed by atoms with van der Waals surface area (Å²) in [5, 5.41) is 4.37. The first-order valence-electron chi connectivity index (χ1n) is 9.40. The maximum atomic E-state index is 12.5. The number of rotatable bonds is 5. The van der Waals surface area contributed by atoms with Gasteiger partial charge in [0.1, 0.15) is 11.5 Å². The number of hydrogen-bond donors (Lipinski definition) is 2. The number of nitrogens with zero attached hydrogens (tertiary/aromatic N) is 1. The van der Waals surface area contributed by atoms with Crippen molar-refractivity contribution in [2.75, 3.05) is 33.3 Å². The minimum atomic E-state index is -4.70. The van der Waals surface area contributed by atoms with Gasteiger partial charge in [0.25, 0.3) is 0 Å². The Kier molecular flexibility index (Phi) is 8.48. The van der Waals surface area contributed by atoms with Crippen molar-refractivity contribution in [3.8, 4) is 11.5 Å². The number of aromatic amines is 1. The predicted octanol–water partition coefficient (Wildman–Crippen LogP) is 4.91. The van der Waals surface area contributed by atoms with Gasteiger partial charge in [-0.2, -0.15) is 0 Å². The third-order valence-electron chi connectivity index (χ3n) is 5.16. The molecule has 2 N–H and O–H groups in total. The molecule has 2 aromatic carbocycles. The van der Waals surface area contributed by atoms with Crippen LogP contribution in [0.5, 0.6) is 11.5 Å². The zero-order chi connectivity index (χ0) is 20.4. The second-order valence-electron chi connectivity index (χ2n) is 6.96. The molecule has 0 amide bonds. The van der Waals surface area contributed by atoms with Crippen LogP contribution >= 0.6 is 24.8 Å². The molecule has 0 aliphatic carbocycles. The smallest absolute Gasteiger partial charge is 0.497 e. The van der Waals surface area contributed by atoms with E-state index in [9.17, 15) is 13.2 Å². The highest BCUT2D eigenvalue weighted by Crippen LogP contribution is 2.36. The first-order chi connectivity index (χ1) is 13.9. The summed E-state index contributed by atoms with van der Waals surface area (Å²) in [5.74, 6) is 0.534. The van der Waals surface area contributed by atoms with E-state index < -0.39 is 6.36 Å². The Bertz CT molecular complexity index is 974. The number of hydrogen-bond acceptors (Lipinski definition) is 4. The molecule has 1 atom stereocenters. The molecule has 1 aromatic heterocycles. The van der Waals surface area contributed by atoms with Gasteiger partial charge in [0.2, 0.25) is 0 Å². The zero-order valence-corrected chi connectivity index (χ0v) is 18.4. The number of aromatic nitrogens is 1. The van der Waals surface area contributed by atoms with Crippen molar-refractivity contribution in [2.24, 2.45) is 0 Å². The third-order valence-corrected chi connectivity index (χ3v) is 5.16. The van der Waals surface area contributed by atoms with Crippen LogP contribution in [0.3, 0.4) is 0 Å². The van der Waals surface area contributed by atoms with Crippen LogP contribution in [0.4, 0.5) is 13.2 Å². The summed E-state index contributed by atoms with van der Waals surface area (Å²) in [4.78, 5) is 5.63. The summed E-state index contributed by atoms with van der Waals surface area (Å²) < 4.78 is 46.9. The normalized spacial score (nSPS) is 15.6. The number of piperazine rings is 1. The van der Waals surface area contributed by atoms with Gasteiger partial charge in [-0.05, 0) is 41.5 Å². The van der Waals surface area contributed by atoms with Crippen molar-refractivity contribution >= 4 is 35.7 Å². The minimum absolute atomic E-state index is 0. The average Bonchev–Trinajstić information content (AvgIpc) is 3.12. The molecule has 1 aliphatic rings. The Labute approximate surface area is 190 Å². The topological polar surface area (TPSA) is 49.5 Å². The number of ether oxygens (including phenoxy) is 2. The molecule has 0 saturated carbocycles. The van der Waals surface area contributed by atoms with Crippen LogP contribution in [-0.4, -0.2) is 49.5 Å². The summed E-state index contributed by atoms with van der Waals surface area (Å²) in [6.07, 6.45) is -2.73. The molecule has 0 bridgehead atoms. The lowest BCUT2D eigenvalue weighted by atomic mass is 9.95. The quantitative estimate of drug-likeness (QED) is 0.547. The molecular formula is C21H24Cl2F3N3O2. The maximum absolute atomic E-state index is 12.5. The number of benzene rings is 2. The summed E-state index contributed by atoms with van der Waals surface area (Å²) in [7, 11) is 1.63. The molecule has 170 valence electrons. The SMILES string of the molecule is COc1ccc2[nH]cc([C@@H](c3ccc(OC(F)(F)F)cc3)N3CCNCC3)c2c1.Cl.Cl. The Morgan fingerprint density at radius 2 is 1.61 bits per heavy atom. The number of methoxy groups -OCH3 is 1. The third kappa shape index (κ3) is 5.77. The summed E-state index contributed by atoms with van der Waals surface area (Å²) >= 11 is 0. The molecule has 31 heavy (non-hydrogen) atoms. The predicted molar refractivity (Wildman–Crippen MR) is 119 cm³/mol. The Hall–Kier alpha value is -2.13. The van der Waals surface area contributed by atoms with E-state index >= 15 is 0 Å². The fourth-order valence-electron chi connectivity index (χ4n) is 3.85. The Morgan fingerprint density at radius 1 is 0.968 bits per heavy atom. The van der Waals surface area contributed by atoms with Gasteiger partial charge in [-0.25, -0.2) is 0 Å². The number of H-pyrrole nitrogens is 1. The van der Waals surface area contributed by atoms with Gasteiger partial charge in [0.15, 0.2) is 0 Å². The van der Waals surface area contributed by atoms with Gasteiger partial charge in [0.05, 0.1) is 13.2 Å². The van der Waals surface area contributed by atoms with E-state index in [1.165, 1.54) is 12.1 Å². The molecule has 1 aliphatic heterocycles. The van der Waals surface area contributed by atoms with Crippen LogP contribution in [0, 0.1) is 0 Å². The molecule has 10 heteroatoms. The molecule has 0 spiro atoms. The van der Waals surface area contributed by atoms with Crippen LogP contribution in [0.1, 0.15) is 17.2 Å². The van der Waals surface area contributed by atoms with Crippen molar-refractivity contribution in [1.29, 1.82) is 0 Å². The molecule has 1 saturated heterocycles. The second-order valence-corrected chi connectivity index (χ2v) is 6.96. The van der Waals surface area contributed by atoms with Gasteiger partial charge in [0, 0.05) is 43.3 Å². The second kappa shape index (κ2) is 10.5. The van der Waals surface area contributed by atoms with Crippen molar-refractivity contribution in [3.05, 3.63) is 59.8 Å². The molecule has 1 fully saturated rings. The number of fused-ring (bicyclic) bond motifs is 1. The first-order valence-corrected chi connectivity index (χ1v) is 9.40. The summed E-state index contributed by atoms with van der Waals surface area (Å²) in [6, 6.07) is 11.9. The van der Waals surface area contributed by atoms with Crippen molar-refractivity contribution in [1.82, 2.24) is 15.2 Å². The summed E-state index contributed by atoms with van der Waals surface area (Å²) in [5.41, 5.74) is 2.95. The van der Waals surface area contributed by atoms with Gasteiger partial charge in [-0.1, -0.05) is 12.1 Å². The lowest BCUT2D eigenvalue weighted by Crippen LogP contribution is -2.45. The van der Waals surface area contributed by atoms with E-state index in [1.54, 1.807) is 19.2 Å². The molecule has 3 aromatic rings. The molecule has 4 rings (SSSR count). The number of nitrogens with one attached hydrogen (secondary N) is 2. The lowest BCUT2D eigenvalue weighted by molar-refractivity contribution is -0.274. The highest BCUT2D eigenvalue weighted by molar-refractivity contribution is 5.86. The van der Waals surface area contributed by atoms with Crippen LogP contribution in [0.15, 0.2) is 48.7 Å². The van der Waals surface area contributed by atoms with E-state index in [2.05, 4.69) is 19.9 Å². The van der Waals surface area contributed by atoms with E-state index in [-0.39, 0.29) is 36.6 Å². The van der Waals surface area contributed by atoms with Gasteiger partial charge in [-0.3, -0.25) is 4.90 Å².